The largest absolute Gasteiger partial charge is 1.00 e. The number of anilines is 1. The van der Waals surface area contributed by atoms with Gasteiger partial charge in [-0.15, -0.1) is 0 Å². The van der Waals surface area contributed by atoms with Crippen molar-refractivity contribution in [3.8, 4) is 0 Å². The fourth-order valence-electron chi connectivity index (χ4n) is 1.86. The molecule has 0 saturated carbocycles. The van der Waals surface area contributed by atoms with E-state index >= 15 is 0 Å². The minimum atomic E-state index is 0. The molecule has 0 aromatic heterocycles. The topological polar surface area (TPSA) is 53.5 Å². The number of hydrogen-bond donors (Lipinski definition) is 1. The maximum atomic E-state index is 9.90. The number of thiocarbonyl (C=S) groups is 1. The summed E-state index contributed by atoms with van der Waals surface area (Å²) in [5, 5.41) is 18.5. The van der Waals surface area contributed by atoms with Crippen molar-refractivity contribution in [3.05, 3.63) is 35.9 Å². The van der Waals surface area contributed by atoms with Crippen LogP contribution in [0, 0.1) is 6.92 Å². The van der Waals surface area contributed by atoms with Crippen LogP contribution in [-0.2, 0) is 9.37 Å². The van der Waals surface area contributed by atoms with Crippen LogP contribution < -0.4 is 40.1 Å². The van der Waals surface area contributed by atoms with Gasteiger partial charge in [-0.25, -0.2) is 0 Å². The molecule has 20 heavy (non-hydrogen) atoms. The Morgan fingerprint density at radius 1 is 1.30 bits per heavy atom. The third-order valence-electron chi connectivity index (χ3n) is 2.55. The molecule has 0 radical (unpaired) electrons. The molecule has 7 heteroatoms. The Morgan fingerprint density at radius 3 is 2.70 bits per heavy atom. The van der Waals surface area contributed by atoms with E-state index < -0.39 is 0 Å². The molecule has 0 spiro atoms. The third-order valence-corrected chi connectivity index (χ3v) is 3.20. The second kappa shape index (κ2) is 8.31. The zero-order chi connectivity index (χ0) is 13.8. The smallest absolute Gasteiger partial charge is 0.691 e. The Hall–Kier alpha value is -0.180. The summed E-state index contributed by atoms with van der Waals surface area (Å²) in [7, 11) is 0. The molecule has 2 aromatic rings. The van der Waals surface area contributed by atoms with Crippen LogP contribution >= 0.6 is 24.3 Å². The van der Waals surface area contributed by atoms with Gasteiger partial charge in [0.2, 0.25) is 0 Å². The summed E-state index contributed by atoms with van der Waals surface area (Å²) >= 11 is 5.94. The molecular weight excluding hydrogens is 305 g/mol. The van der Waals surface area contributed by atoms with E-state index in [4.69, 9.17) is 12.2 Å². The molecule has 0 saturated heterocycles. The Labute approximate surface area is 149 Å². The van der Waals surface area contributed by atoms with E-state index in [-0.39, 0.29) is 29.6 Å². The first-order chi connectivity index (χ1) is 9.10. The third kappa shape index (κ3) is 4.68. The van der Waals surface area contributed by atoms with Crippen LogP contribution in [-0.4, -0.2) is 4.99 Å². The second-order valence-electron chi connectivity index (χ2n) is 4.10. The van der Waals surface area contributed by atoms with Gasteiger partial charge in [-0.2, -0.15) is 4.33 Å². The quantitative estimate of drug-likeness (QED) is 0.285. The monoisotopic (exact) mass is 317 g/mol. The van der Waals surface area contributed by atoms with E-state index in [1.54, 1.807) is 0 Å². The summed E-state index contributed by atoms with van der Waals surface area (Å²) in [6, 6.07) is 9.91. The summed E-state index contributed by atoms with van der Waals surface area (Å²) in [5.74, 6) is 0. The predicted octanol–water partition coefficient (Wildman–Crippen LogP) is 0.142. The molecule has 0 unspecified atom stereocenters. The number of fused-ring (bicyclic) bond motifs is 1. The fraction of sp³-hybridized carbons (Fsp3) is 0.154. The summed E-state index contributed by atoms with van der Waals surface area (Å²) in [5.41, 5.74) is 2.03. The molecule has 100 valence electrons. The molecule has 0 aliphatic carbocycles. The van der Waals surface area contributed by atoms with E-state index in [2.05, 4.69) is 20.8 Å². The summed E-state index contributed by atoms with van der Waals surface area (Å²) in [4.78, 5) is 1.43. The van der Waals surface area contributed by atoms with Crippen molar-refractivity contribution < 1.29 is 44.2 Å². The van der Waals surface area contributed by atoms with E-state index in [0.29, 0.717) is 4.99 Å². The average molecular weight is 317 g/mol. The Balaban J connectivity index is 0.00000200. The number of benzene rings is 2. The van der Waals surface area contributed by atoms with Crippen LogP contribution in [0.2, 0.25) is 0 Å². The summed E-state index contributed by atoms with van der Waals surface area (Å²) in [6.45, 7) is 3.83. The molecule has 2 rings (SSSR count). The maximum Gasteiger partial charge on any atom is 1.00 e. The van der Waals surface area contributed by atoms with Crippen molar-refractivity contribution >= 4 is 45.7 Å². The molecule has 2 aromatic carbocycles. The van der Waals surface area contributed by atoms with Crippen molar-refractivity contribution in [2.45, 2.75) is 18.7 Å². The number of aryl methyl sites for hydroxylation is 1. The van der Waals surface area contributed by atoms with E-state index in [9.17, 15) is 5.26 Å². The molecule has 0 atom stereocenters. The minimum Gasteiger partial charge on any atom is -0.691 e. The van der Waals surface area contributed by atoms with E-state index in [1.807, 2.05) is 38.1 Å². The first-order valence-electron chi connectivity index (χ1n) is 5.55. The van der Waals surface area contributed by atoms with Crippen molar-refractivity contribution in [2.24, 2.45) is 0 Å². The van der Waals surface area contributed by atoms with Crippen LogP contribution in [0.3, 0.4) is 0 Å². The molecule has 0 heterocycles. The first kappa shape index (κ1) is 17.9. The Bertz CT molecular complexity index is 622. The molecule has 0 aliphatic rings. The van der Waals surface area contributed by atoms with Crippen molar-refractivity contribution in [1.29, 1.82) is 0 Å². The van der Waals surface area contributed by atoms with E-state index in [0.717, 1.165) is 39.0 Å². The van der Waals surface area contributed by atoms with Gasteiger partial charge in [-0.1, -0.05) is 36.0 Å². The van der Waals surface area contributed by atoms with Crippen LogP contribution in [0.25, 0.3) is 10.8 Å². The molecular formula is C13H12NNaO3S2. The SMILES string of the molecule is CC(=S)Nc1cc(SOO[O-])cc2cc(C)ccc12.[Na+]. The molecule has 0 aliphatic heterocycles. The van der Waals surface area contributed by atoms with Gasteiger partial charge in [-0.3, -0.25) is 5.04 Å². The van der Waals surface area contributed by atoms with Crippen LogP contribution in [0.1, 0.15) is 12.5 Å². The molecule has 0 amide bonds. The van der Waals surface area contributed by atoms with Gasteiger partial charge < -0.3 is 10.6 Å². The predicted molar refractivity (Wildman–Crippen MR) is 78.6 cm³/mol. The molecule has 1 N–H and O–H groups in total. The normalized spacial score (nSPS) is 10.2. The fourth-order valence-corrected chi connectivity index (χ4v) is 2.41. The van der Waals surface area contributed by atoms with E-state index in [1.165, 1.54) is 0 Å². The Morgan fingerprint density at radius 2 is 2.05 bits per heavy atom. The minimum absolute atomic E-state index is 0. The summed E-state index contributed by atoms with van der Waals surface area (Å²) in [6.07, 6.45) is 0. The zero-order valence-electron chi connectivity index (χ0n) is 11.4. The van der Waals surface area contributed by atoms with Gasteiger partial charge in [0.1, 0.15) is 0 Å². The van der Waals surface area contributed by atoms with Gasteiger partial charge >= 0.3 is 29.6 Å². The molecule has 4 nitrogen and oxygen atoms in total. The average Bonchev–Trinajstić information content (AvgIpc) is 2.35. The molecule has 0 fully saturated rings. The van der Waals surface area contributed by atoms with Crippen molar-refractivity contribution in [3.63, 3.8) is 0 Å². The number of rotatable bonds is 4. The van der Waals surface area contributed by atoms with Crippen LogP contribution in [0.5, 0.6) is 0 Å². The number of nitrogens with one attached hydrogen (secondary N) is 1. The summed E-state index contributed by atoms with van der Waals surface area (Å²) < 4.78 is 4.36. The van der Waals surface area contributed by atoms with Crippen LogP contribution in [0.4, 0.5) is 5.69 Å². The van der Waals surface area contributed by atoms with Crippen LogP contribution in [0.15, 0.2) is 35.2 Å². The second-order valence-corrected chi connectivity index (χ2v) is 5.48. The van der Waals surface area contributed by atoms with Gasteiger partial charge in [-0.05, 0) is 31.4 Å². The van der Waals surface area contributed by atoms with Crippen molar-refractivity contribution in [1.82, 2.24) is 0 Å². The Kier molecular flexibility index (Phi) is 7.42. The standard InChI is InChI=1S/C13H13NO3S2.Na/c1-8-3-4-12-10(5-8)6-11(19-17-16-15)7-13(12)14-9(2)18;/h3-7,15H,1-2H3,(H,14,18);/q;+1/p-1. The van der Waals surface area contributed by atoms with Gasteiger partial charge in [0.05, 0.1) is 17.0 Å². The van der Waals surface area contributed by atoms with Crippen molar-refractivity contribution in [2.75, 3.05) is 5.32 Å². The first-order valence-corrected chi connectivity index (χ1v) is 6.70. The van der Waals surface area contributed by atoms with Gasteiger partial charge in [0.15, 0.2) is 0 Å². The maximum absolute atomic E-state index is 9.90. The van der Waals surface area contributed by atoms with Gasteiger partial charge in [0.25, 0.3) is 0 Å². The zero-order valence-corrected chi connectivity index (χ0v) is 15.1. The van der Waals surface area contributed by atoms with Gasteiger partial charge in [0, 0.05) is 16.0 Å². The number of hydrogen-bond acceptors (Lipinski definition) is 5. The molecule has 0 bridgehead atoms.